The van der Waals surface area contributed by atoms with Crippen molar-refractivity contribution in [2.75, 3.05) is 13.1 Å². The first-order valence-corrected chi connectivity index (χ1v) is 10.0. The van der Waals surface area contributed by atoms with Gasteiger partial charge in [0.15, 0.2) is 0 Å². The fraction of sp³-hybridized carbons (Fsp3) is 0.227. The zero-order chi connectivity index (χ0) is 17.5. The number of rotatable bonds is 2. The van der Waals surface area contributed by atoms with Crippen molar-refractivity contribution in [2.45, 2.75) is 19.3 Å². The summed E-state index contributed by atoms with van der Waals surface area (Å²) in [6, 6.07) is 17.1. The third kappa shape index (κ3) is 2.61. The molecule has 26 heavy (non-hydrogen) atoms. The van der Waals surface area contributed by atoms with Crippen LogP contribution in [0.5, 0.6) is 0 Å². The van der Waals surface area contributed by atoms with Gasteiger partial charge in [-0.1, -0.05) is 24.3 Å². The molecule has 2 aromatic carbocycles. The number of fused-ring (bicyclic) bond motifs is 3. The van der Waals surface area contributed by atoms with Gasteiger partial charge in [-0.2, -0.15) is 0 Å². The smallest absolute Gasteiger partial charge is 0.270 e. The summed E-state index contributed by atoms with van der Waals surface area (Å²) in [7, 11) is 0. The van der Waals surface area contributed by atoms with E-state index in [1.165, 1.54) is 26.6 Å². The van der Waals surface area contributed by atoms with E-state index in [1.54, 1.807) is 0 Å². The average molecular weight is 360 g/mol. The monoisotopic (exact) mass is 360 g/mol. The van der Waals surface area contributed by atoms with Gasteiger partial charge in [-0.25, -0.2) is 0 Å². The summed E-state index contributed by atoms with van der Waals surface area (Å²) >= 11 is 1.83. The number of nitrogens with one attached hydrogen (secondary N) is 1. The van der Waals surface area contributed by atoms with Crippen LogP contribution in [0.25, 0.3) is 31.3 Å². The highest BCUT2D eigenvalue weighted by atomic mass is 32.1. The summed E-state index contributed by atoms with van der Waals surface area (Å²) in [5.74, 6) is 0.123. The maximum atomic E-state index is 12.7. The molecular weight excluding hydrogens is 340 g/mol. The zero-order valence-electron chi connectivity index (χ0n) is 14.5. The van der Waals surface area contributed by atoms with E-state index < -0.39 is 0 Å². The molecule has 1 aliphatic heterocycles. The number of H-pyrrole nitrogens is 1. The van der Waals surface area contributed by atoms with Crippen LogP contribution in [-0.2, 0) is 0 Å². The lowest BCUT2D eigenvalue weighted by Gasteiger charge is -2.26. The Morgan fingerprint density at radius 1 is 0.885 bits per heavy atom. The summed E-state index contributed by atoms with van der Waals surface area (Å²) in [5, 5.41) is 2.59. The Hall–Kier alpha value is -2.59. The van der Waals surface area contributed by atoms with E-state index in [9.17, 15) is 4.79 Å². The molecule has 2 aromatic heterocycles. The molecule has 1 fully saturated rings. The van der Waals surface area contributed by atoms with Crippen molar-refractivity contribution in [1.82, 2.24) is 9.88 Å². The quantitative estimate of drug-likeness (QED) is 0.491. The molecule has 1 N–H and O–H groups in total. The molecule has 3 heterocycles. The second kappa shape index (κ2) is 6.29. The van der Waals surface area contributed by atoms with Gasteiger partial charge in [0.05, 0.1) is 0 Å². The molecule has 1 saturated heterocycles. The minimum atomic E-state index is 0.123. The van der Waals surface area contributed by atoms with Gasteiger partial charge in [-0.05, 0) is 54.7 Å². The lowest BCUT2D eigenvalue weighted by atomic mass is 10.0. The number of thiophene rings is 1. The number of piperidine rings is 1. The fourth-order valence-corrected chi connectivity index (χ4v) is 4.94. The predicted molar refractivity (Wildman–Crippen MR) is 109 cm³/mol. The largest absolute Gasteiger partial charge is 0.357 e. The lowest BCUT2D eigenvalue weighted by Crippen LogP contribution is -2.35. The van der Waals surface area contributed by atoms with Gasteiger partial charge in [0.2, 0.25) is 0 Å². The predicted octanol–water partition coefficient (Wildman–Crippen LogP) is 5.68. The summed E-state index contributed by atoms with van der Waals surface area (Å²) in [4.78, 5) is 17.8. The van der Waals surface area contributed by atoms with Gasteiger partial charge in [0, 0.05) is 39.5 Å². The Morgan fingerprint density at radius 3 is 2.58 bits per heavy atom. The van der Waals surface area contributed by atoms with E-state index in [4.69, 9.17) is 0 Å². The number of carbonyl (C=O) groups is 1. The number of aromatic nitrogens is 1. The van der Waals surface area contributed by atoms with Crippen LogP contribution in [0.2, 0.25) is 0 Å². The highest BCUT2D eigenvalue weighted by Crippen LogP contribution is 2.36. The van der Waals surface area contributed by atoms with E-state index >= 15 is 0 Å². The van der Waals surface area contributed by atoms with Crippen LogP contribution in [0.4, 0.5) is 0 Å². The van der Waals surface area contributed by atoms with Crippen molar-refractivity contribution in [2.24, 2.45) is 0 Å². The zero-order valence-corrected chi connectivity index (χ0v) is 15.3. The number of benzene rings is 2. The Morgan fingerprint density at radius 2 is 1.69 bits per heavy atom. The molecule has 0 radical (unpaired) electrons. The number of likely N-dealkylation sites (tertiary alicyclic amines) is 1. The number of hydrogen-bond donors (Lipinski definition) is 1. The van der Waals surface area contributed by atoms with Gasteiger partial charge < -0.3 is 9.88 Å². The summed E-state index contributed by atoms with van der Waals surface area (Å²) < 4.78 is 2.62. The van der Waals surface area contributed by atoms with E-state index in [-0.39, 0.29) is 5.91 Å². The molecule has 0 bridgehead atoms. The Labute approximate surface area is 156 Å². The van der Waals surface area contributed by atoms with Crippen molar-refractivity contribution in [1.29, 1.82) is 0 Å². The van der Waals surface area contributed by atoms with Crippen molar-refractivity contribution < 1.29 is 4.79 Å². The van der Waals surface area contributed by atoms with Crippen LogP contribution in [0, 0.1) is 0 Å². The molecule has 0 saturated carbocycles. The van der Waals surface area contributed by atoms with E-state index in [2.05, 4.69) is 47.4 Å². The molecule has 0 atom stereocenters. The summed E-state index contributed by atoms with van der Waals surface area (Å²) in [5.41, 5.74) is 2.91. The first kappa shape index (κ1) is 15.6. The second-order valence-corrected chi connectivity index (χ2v) is 8.05. The number of hydrogen-bond acceptors (Lipinski definition) is 2. The number of aromatic amines is 1. The third-order valence-corrected chi connectivity index (χ3v) is 6.42. The summed E-state index contributed by atoms with van der Waals surface area (Å²) in [6.07, 6.45) is 5.41. The van der Waals surface area contributed by atoms with E-state index in [1.807, 2.05) is 28.5 Å². The van der Waals surface area contributed by atoms with Gasteiger partial charge in [0.1, 0.15) is 5.69 Å². The number of amides is 1. The highest BCUT2D eigenvalue weighted by Gasteiger charge is 2.19. The normalized spacial score (nSPS) is 15.0. The Kier molecular flexibility index (Phi) is 3.79. The van der Waals surface area contributed by atoms with E-state index in [0.29, 0.717) is 5.69 Å². The average Bonchev–Trinajstić information content (AvgIpc) is 3.32. The molecule has 1 amide bonds. The molecular formula is C22H20N2OS. The topological polar surface area (TPSA) is 36.1 Å². The van der Waals surface area contributed by atoms with Crippen LogP contribution in [0.15, 0.2) is 54.7 Å². The van der Waals surface area contributed by atoms with Crippen LogP contribution < -0.4 is 0 Å². The van der Waals surface area contributed by atoms with Crippen LogP contribution in [-0.4, -0.2) is 28.9 Å². The second-order valence-electron chi connectivity index (χ2n) is 6.96. The van der Waals surface area contributed by atoms with Crippen molar-refractivity contribution in [3.05, 3.63) is 60.4 Å². The maximum absolute atomic E-state index is 12.7. The molecule has 130 valence electrons. The molecule has 0 spiro atoms. The molecule has 5 rings (SSSR count). The third-order valence-electron chi connectivity index (χ3n) is 5.27. The van der Waals surface area contributed by atoms with Crippen LogP contribution in [0.1, 0.15) is 29.8 Å². The van der Waals surface area contributed by atoms with Crippen molar-refractivity contribution in [3.8, 4) is 11.1 Å². The first-order chi connectivity index (χ1) is 12.8. The lowest BCUT2D eigenvalue weighted by molar-refractivity contribution is 0.0719. The molecule has 1 aliphatic rings. The van der Waals surface area contributed by atoms with Gasteiger partial charge >= 0.3 is 0 Å². The Balaban J connectivity index is 1.51. The Bertz CT molecular complexity index is 1100. The standard InChI is InChI=1S/C22H20N2OS/c25-22(24-10-4-1-5-11-24)19-13-16(14-23-19)15-8-9-21-18(12-15)17-6-2-3-7-20(17)26-21/h2-3,6-9,12-14,23H,1,4-5,10-11H2. The molecule has 0 aliphatic carbocycles. The van der Waals surface area contributed by atoms with Gasteiger partial charge in [-0.3, -0.25) is 4.79 Å². The first-order valence-electron chi connectivity index (χ1n) is 9.19. The molecule has 4 aromatic rings. The van der Waals surface area contributed by atoms with Crippen LogP contribution in [0.3, 0.4) is 0 Å². The van der Waals surface area contributed by atoms with Crippen LogP contribution >= 0.6 is 11.3 Å². The number of nitrogens with zero attached hydrogens (tertiary/aromatic N) is 1. The van der Waals surface area contributed by atoms with Gasteiger partial charge in [0.25, 0.3) is 5.91 Å². The van der Waals surface area contributed by atoms with Crippen molar-refractivity contribution >= 4 is 37.4 Å². The molecule has 0 unspecified atom stereocenters. The highest BCUT2D eigenvalue weighted by molar-refractivity contribution is 7.25. The fourth-order valence-electron chi connectivity index (χ4n) is 3.86. The summed E-state index contributed by atoms with van der Waals surface area (Å²) in [6.45, 7) is 1.75. The maximum Gasteiger partial charge on any atom is 0.270 e. The molecule has 4 heteroatoms. The number of carbonyl (C=O) groups excluding carboxylic acids is 1. The minimum Gasteiger partial charge on any atom is -0.357 e. The molecule has 3 nitrogen and oxygen atoms in total. The SMILES string of the molecule is O=C(c1cc(-c2ccc3sc4ccccc4c3c2)c[nH]1)N1CCCCC1. The van der Waals surface area contributed by atoms with Gasteiger partial charge in [-0.15, -0.1) is 11.3 Å². The van der Waals surface area contributed by atoms with E-state index in [0.717, 1.165) is 37.1 Å². The minimum absolute atomic E-state index is 0.123. The van der Waals surface area contributed by atoms with Crippen molar-refractivity contribution in [3.63, 3.8) is 0 Å².